The summed E-state index contributed by atoms with van der Waals surface area (Å²) in [5.74, 6) is -0.0189. The number of carbonyl (C=O) groups is 2. The van der Waals surface area contributed by atoms with Crippen LogP contribution in [0.2, 0.25) is 0 Å². The maximum atomic E-state index is 12.6. The number of allylic oxidation sites excluding steroid dienone is 4. The molecule has 80 heavy (non-hydrogen) atoms. The third-order valence-corrected chi connectivity index (χ3v) is 17.3. The molecule has 0 rings (SSSR count). The van der Waals surface area contributed by atoms with E-state index in [1.165, 1.54) is 327 Å². The minimum atomic E-state index is -0.664. The average Bonchev–Trinajstić information content (AvgIpc) is 3.46. The second-order valence-electron chi connectivity index (χ2n) is 25.3. The fourth-order valence-corrected chi connectivity index (χ4v) is 11.7. The van der Waals surface area contributed by atoms with Gasteiger partial charge in [0.15, 0.2) is 0 Å². The lowest BCUT2D eigenvalue weighted by Gasteiger charge is -2.22. The Morgan fingerprint density at radius 3 is 0.975 bits per heavy atom. The van der Waals surface area contributed by atoms with E-state index in [2.05, 4.69) is 43.5 Å². The largest absolute Gasteiger partial charge is 0.466 e. The Labute approximate surface area is 501 Å². The quantitative estimate of drug-likeness (QED) is 0.0320. The number of unbranched alkanes of at least 4 members (excludes halogenated alkanes) is 54. The van der Waals surface area contributed by atoms with Crippen LogP contribution in [0.15, 0.2) is 24.3 Å². The van der Waals surface area contributed by atoms with Crippen LogP contribution in [0, 0.1) is 0 Å². The van der Waals surface area contributed by atoms with Gasteiger partial charge in [-0.2, -0.15) is 0 Å². The van der Waals surface area contributed by atoms with Crippen molar-refractivity contribution in [2.75, 3.05) is 13.2 Å². The topological polar surface area (TPSA) is 95.9 Å². The van der Waals surface area contributed by atoms with Crippen LogP contribution < -0.4 is 5.32 Å². The van der Waals surface area contributed by atoms with Crippen LogP contribution in [-0.2, 0) is 14.3 Å². The zero-order valence-corrected chi connectivity index (χ0v) is 54.3. The van der Waals surface area contributed by atoms with E-state index in [1.807, 2.05) is 0 Å². The van der Waals surface area contributed by atoms with Gasteiger partial charge in [0, 0.05) is 12.8 Å². The van der Waals surface area contributed by atoms with Gasteiger partial charge in [-0.1, -0.05) is 366 Å². The summed E-state index contributed by atoms with van der Waals surface area (Å²) in [6.07, 6.45) is 88.0. The molecule has 0 aliphatic rings. The van der Waals surface area contributed by atoms with Crippen molar-refractivity contribution in [2.45, 2.75) is 424 Å². The molecule has 0 fully saturated rings. The lowest BCUT2D eigenvalue weighted by molar-refractivity contribution is -0.143. The van der Waals surface area contributed by atoms with E-state index < -0.39 is 12.1 Å². The molecule has 474 valence electrons. The Hall–Kier alpha value is -1.66. The zero-order valence-electron chi connectivity index (χ0n) is 54.3. The number of hydrogen-bond acceptors (Lipinski definition) is 5. The summed E-state index contributed by atoms with van der Waals surface area (Å²) in [4.78, 5) is 24.7. The van der Waals surface area contributed by atoms with E-state index in [-0.39, 0.29) is 18.5 Å². The highest BCUT2D eigenvalue weighted by molar-refractivity contribution is 5.76. The van der Waals surface area contributed by atoms with Crippen LogP contribution in [0.3, 0.4) is 0 Å². The van der Waals surface area contributed by atoms with Crippen LogP contribution in [-0.4, -0.2) is 47.4 Å². The van der Waals surface area contributed by atoms with Gasteiger partial charge in [-0.3, -0.25) is 9.59 Å². The summed E-state index contributed by atoms with van der Waals surface area (Å²) in [6.45, 7) is 4.97. The summed E-state index contributed by atoms with van der Waals surface area (Å²) in [5, 5.41) is 23.4. The average molecular weight is 1130 g/mol. The molecular weight excluding hydrogens is 983 g/mol. The fourth-order valence-electron chi connectivity index (χ4n) is 11.7. The number of carbonyl (C=O) groups excluding carboxylic acids is 2. The molecule has 6 heteroatoms. The Morgan fingerprint density at radius 1 is 0.350 bits per heavy atom. The van der Waals surface area contributed by atoms with E-state index in [9.17, 15) is 19.8 Å². The standard InChI is InChI=1S/C74H143NO5/c1-3-5-7-9-11-13-15-17-19-21-22-28-31-35-38-42-46-50-54-58-62-66-72(77)71(70-76)75-73(78)67-63-59-55-51-47-43-39-36-32-29-26-24-23-25-27-30-33-37-41-45-49-53-57-61-65-69-80-74(79)68-64-60-56-52-48-44-40-34-20-18-16-14-12-10-8-6-4-2/h12,14,18,20,71-72,76-77H,3-11,13,15-17,19,21-70H2,1-2H3,(H,75,78)/b14-12-,20-18-. The van der Waals surface area contributed by atoms with Crippen LogP contribution in [0.4, 0.5) is 0 Å². The molecule has 0 spiro atoms. The van der Waals surface area contributed by atoms with E-state index in [0.29, 0.717) is 25.9 Å². The maximum absolute atomic E-state index is 12.6. The Bertz CT molecular complexity index is 1250. The van der Waals surface area contributed by atoms with Crippen molar-refractivity contribution in [1.29, 1.82) is 0 Å². The van der Waals surface area contributed by atoms with Gasteiger partial charge < -0.3 is 20.3 Å². The van der Waals surface area contributed by atoms with Gasteiger partial charge in [-0.25, -0.2) is 0 Å². The van der Waals surface area contributed by atoms with Crippen molar-refractivity contribution >= 4 is 11.9 Å². The lowest BCUT2D eigenvalue weighted by atomic mass is 10.0. The molecule has 0 saturated heterocycles. The second-order valence-corrected chi connectivity index (χ2v) is 25.3. The van der Waals surface area contributed by atoms with Gasteiger partial charge in [0.25, 0.3) is 0 Å². The summed E-state index contributed by atoms with van der Waals surface area (Å²) in [6, 6.07) is -0.541. The molecule has 0 saturated carbocycles. The molecule has 0 aliphatic heterocycles. The Morgan fingerprint density at radius 2 is 0.625 bits per heavy atom. The number of rotatable bonds is 69. The summed E-state index contributed by atoms with van der Waals surface area (Å²) in [7, 11) is 0. The normalized spacial score (nSPS) is 12.6. The summed E-state index contributed by atoms with van der Waals surface area (Å²) >= 11 is 0. The summed E-state index contributed by atoms with van der Waals surface area (Å²) < 4.78 is 5.50. The first-order chi connectivity index (χ1) is 39.5. The highest BCUT2D eigenvalue weighted by Crippen LogP contribution is 2.19. The monoisotopic (exact) mass is 1130 g/mol. The minimum Gasteiger partial charge on any atom is -0.466 e. The van der Waals surface area contributed by atoms with Gasteiger partial charge in [-0.15, -0.1) is 0 Å². The number of amides is 1. The number of hydrogen-bond donors (Lipinski definition) is 3. The number of aliphatic hydroxyl groups is 2. The molecule has 2 atom stereocenters. The van der Waals surface area contributed by atoms with Gasteiger partial charge in [0.05, 0.1) is 25.4 Å². The van der Waals surface area contributed by atoms with Crippen LogP contribution in [0.25, 0.3) is 0 Å². The SMILES string of the molecule is CCCCC/C=C\C/C=C\CCCCCCCCCC(=O)OCCCCCCCCCCCCCCCCCCCCCCCCCCCC(=O)NC(CO)C(O)CCCCCCCCCCCCCCCCCCCCCCC. The molecule has 6 nitrogen and oxygen atoms in total. The molecule has 0 aliphatic carbocycles. The number of aliphatic hydroxyl groups excluding tert-OH is 2. The Kier molecular flexibility index (Phi) is 68.4. The van der Waals surface area contributed by atoms with E-state index in [0.717, 1.165) is 51.4 Å². The number of esters is 1. The highest BCUT2D eigenvalue weighted by atomic mass is 16.5. The van der Waals surface area contributed by atoms with E-state index in [4.69, 9.17) is 4.74 Å². The zero-order chi connectivity index (χ0) is 57.8. The predicted octanol–water partition coefficient (Wildman–Crippen LogP) is 23.7. The third kappa shape index (κ3) is 65.5. The molecular formula is C74H143NO5. The Balaban J connectivity index is 3.36. The molecule has 0 radical (unpaired) electrons. The van der Waals surface area contributed by atoms with Crippen LogP contribution in [0.1, 0.15) is 412 Å². The predicted molar refractivity (Wildman–Crippen MR) is 352 cm³/mol. The molecule has 0 aromatic heterocycles. The number of nitrogens with one attached hydrogen (secondary N) is 1. The summed E-state index contributed by atoms with van der Waals surface area (Å²) in [5.41, 5.74) is 0. The smallest absolute Gasteiger partial charge is 0.305 e. The van der Waals surface area contributed by atoms with Gasteiger partial charge in [0.2, 0.25) is 5.91 Å². The van der Waals surface area contributed by atoms with Crippen molar-refractivity contribution in [1.82, 2.24) is 5.32 Å². The van der Waals surface area contributed by atoms with Crippen molar-refractivity contribution < 1.29 is 24.5 Å². The first-order valence-electron chi connectivity index (χ1n) is 36.6. The van der Waals surface area contributed by atoms with E-state index in [1.54, 1.807) is 0 Å². The van der Waals surface area contributed by atoms with Crippen LogP contribution >= 0.6 is 0 Å². The highest BCUT2D eigenvalue weighted by Gasteiger charge is 2.20. The molecule has 2 unspecified atom stereocenters. The molecule has 1 amide bonds. The van der Waals surface area contributed by atoms with Crippen molar-refractivity contribution in [3.05, 3.63) is 24.3 Å². The van der Waals surface area contributed by atoms with Crippen molar-refractivity contribution in [3.8, 4) is 0 Å². The van der Waals surface area contributed by atoms with Crippen molar-refractivity contribution in [2.24, 2.45) is 0 Å². The molecule has 0 bridgehead atoms. The minimum absolute atomic E-state index is 0.00964. The fraction of sp³-hybridized carbons (Fsp3) is 0.919. The molecule has 0 heterocycles. The second kappa shape index (κ2) is 69.8. The first kappa shape index (κ1) is 78.3. The first-order valence-corrected chi connectivity index (χ1v) is 36.6. The van der Waals surface area contributed by atoms with Gasteiger partial charge in [0.1, 0.15) is 0 Å². The number of ether oxygens (including phenoxy) is 1. The molecule has 3 N–H and O–H groups in total. The molecule has 0 aromatic carbocycles. The maximum Gasteiger partial charge on any atom is 0.305 e. The molecule has 0 aromatic rings. The van der Waals surface area contributed by atoms with Crippen LogP contribution in [0.5, 0.6) is 0 Å². The lowest BCUT2D eigenvalue weighted by Crippen LogP contribution is -2.45. The van der Waals surface area contributed by atoms with E-state index >= 15 is 0 Å². The van der Waals surface area contributed by atoms with Gasteiger partial charge in [-0.05, 0) is 57.8 Å². The third-order valence-electron chi connectivity index (χ3n) is 17.3. The van der Waals surface area contributed by atoms with Gasteiger partial charge >= 0.3 is 5.97 Å². The van der Waals surface area contributed by atoms with Crippen molar-refractivity contribution in [3.63, 3.8) is 0 Å².